The zero-order chi connectivity index (χ0) is 9.80. The number of benzene rings is 1. The zero-order valence-electron chi connectivity index (χ0n) is 9.03. The van der Waals surface area contributed by atoms with Crippen molar-refractivity contribution < 1.29 is 4.74 Å². The lowest BCUT2D eigenvalue weighted by atomic mass is 9.98. The lowest BCUT2D eigenvalue weighted by Gasteiger charge is -2.11. The van der Waals surface area contributed by atoms with Gasteiger partial charge in [-0.25, -0.2) is 0 Å². The van der Waals surface area contributed by atoms with Crippen molar-refractivity contribution in [1.82, 2.24) is 5.32 Å². The van der Waals surface area contributed by atoms with Crippen molar-refractivity contribution in [3.63, 3.8) is 0 Å². The molecule has 0 bridgehead atoms. The fraction of sp³-hybridized carbons (Fsp3) is 0.500. The monoisotopic (exact) mass is 227 g/mol. The molecule has 0 aromatic heterocycles. The second kappa shape index (κ2) is 5.99. The van der Waals surface area contributed by atoms with E-state index < -0.39 is 0 Å². The van der Waals surface area contributed by atoms with Gasteiger partial charge in [0, 0.05) is 0 Å². The molecule has 2 nitrogen and oxygen atoms in total. The Kier molecular flexibility index (Phi) is 4.92. The number of halogens is 1. The van der Waals surface area contributed by atoms with Crippen molar-refractivity contribution in [2.75, 3.05) is 20.2 Å². The van der Waals surface area contributed by atoms with Crippen LogP contribution in [0, 0.1) is 5.92 Å². The smallest absolute Gasteiger partial charge is 0.122 e. The van der Waals surface area contributed by atoms with Crippen LogP contribution in [0.2, 0.25) is 0 Å². The summed E-state index contributed by atoms with van der Waals surface area (Å²) in [6.07, 6.45) is 2.43. The molecule has 15 heavy (non-hydrogen) atoms. The molecule has 1 unspecified atom stereocenters. The Morgan fingerprint density at radius 2 is 2.20 bits per heavy atom. The molecule has 0 amide bonds. The van der Waals surface area contributed by atoms with Gasteiger partial charge in [-0.1, -0.05) is 18.2 Å². The lowest BCUT2D eigenvalue weighted by Crippen LogP contribution is -2.11. The van der Waals surface area contributed by atoms with E-state index in [0.29, 0.717) is 0 Å². The quantitative estimate of drug-likeness (QED) is 0.856. The van der Waals surface area contributed by atoms with Crippen LogP contribution in [0.15, 0.2) is 24.3 Å². The number of hydrogen-bond acceptors (Lipinski definition) is 2. The largest absolute Gasteiger partial charge is 0.496 e. The number of hydrogen-bond donors (Lipinski definition) is 1. The van der Waals surface area contributed by atoms with Crippen molar-refractivity contribution in [2.24, 2.45) is 5.92 Å². The average molecular weight is 228 g/mol. The topological polar surface area (TPSA) is 21.3 Å². The second-order valence-electron chi connectivity index (χ2n) is 3.87. The van der Waals surface area contributed by atoms with E-state index in [2.05, 4.69) is 17.4 Å². The summed E-state index contributed by atoms with van der Waals surface area (Å²) in [5.74, 6) is 1.81. The minimum absolute atomic E-state index is 0. The first-order valence-corrected chi connectivity index (χ1v) is 5.23. The fourth-order valence-corrected chi connectivity index (χ4v) is 2.07. The summed E-state index contributed by atoms with van der Waals surface area (Å²) in [4.78, 5) is 0. The molecule has 1 atom stereocenters. The number of rotatable bonds is 3. The summed E-state index contributed by atoms with van der Waals surface area (Å²) in [5, 5.41) is 3.39. The predicted octanol–water partition coefficient (Wildman–Crippen LogP) is 2.27. The van der Waals surface area contributed by atoms with Crippen molar-refractivity contribution in [3.05, 3.63) is 29.8 Å². The van der Waals surface area contributed by atoms with E-state index in [1.165, 1.54) is 18.5 Å². The molecule has 2 rings (SSSR count). The van der Waals surface area contributed by atoms with E-state index in [0.717, 1.165) is 24.6 Å². The fourth-order valence-electron chi connectivity index (χ4n) is 2.07. The molecule has 1 aliphatic rings. The summed E-state index contributed by atoms with van der Waals surface area (Å²) in [5.41, 5.74) is 1.34. The summed E-state index contributed by atoms with van der Waals surface area (Å²) < 4.78 is 5.34. The molecule has 1 N–H and O–H groups in total. The van der Waals surface area contributed by atoms with Crippen molar-refractivity contribution in [3.8, 4) is 5.75 Å². The maximum absolute atomic E-state index is 5.34. The lowest BCUT2D eigenvalue weighted by molar-refractivity contribution is 0.405. The van der Waals surface area contributed by atoms with Crippen LogP contribution in [0.3, 0.4) is 0 Å². The van der Waals surface area contributed by atoms with Gasteiger partial charge in [-0.3, -0.25) is 0 Å². The normalized spacial score (nSPS) is 19.7. The van der Waals surface area contributed by atoms with Gasteiger partial charge in [-0.2, -0.15) is 0 Å². The Morgan fingerprint density at radius 3 is 2.87 bits per heavy atom. The number of nitrogens with one attached hydrogen (secondary N) is 1. The molecule has 1 aromatic rings. The van der Waals surface area contributed by atoms with Gasteiger partial charge in [-0.15, -0.1) is 12.4 Å². The maximum Gasteiger partial charge on any atom is 0.122 e. The first kappa shape index (κ1) is 12.3. The number of methoxy groups -OCH3 is 1. The average Bonchev–Trinajstić information content (AvgIpc) is 2.71. The Balaban J connectivity index is 0.00000112. The first-order valence-electron chi connectivity index (χ1n) is 5.23. The molecule has 0 aliphatic carbocycles. The molecule has 0 saturated carbocycles. The van der Waals surface area contributed by atoms with Crippen LogP contribution in [0.4, 0.5) is 0 Å². The Hall–Kier alpha value is -0.730. The molecule has 3 heteroatoms. The van der Waals surface area contributed by atoms with E-state index in [9.17, 15) is 0 Å². The van der Waals surface area contributed by atoms with Gasteiger partial charge in [0.1, 0.15) is 5.75 Å². The van der Waals surface area contributed by atoms with Gasteiger partial charge < -0.3 is 10.1 Å². The third-order valence-electron chi connectivity index (χ3n) is 2.86. The summed E-state index contributed by atoms with van der Waals surface area (Å²) in [7, 11) is 1.74. The van der Waals surface area contributed by atoms with Gasteiger partial charge in [0.15, 0.2) is 0 Å². The highest BCUT2D eigenvalue weighted by Gasteiger charge is 2.16. The zero-order valence-corrected chi connectivity index (χ0v) is 9.85. The summed E-state index contributed by atoms with van der Waals surface area (Å²) in [6.45, 7) is 2.32. The van der Waals surface area contributed by atoms with E-state index in [-0.39, 0.29) is 12.4 Å². The van der Waals surface area contributed by atoms with Crippen molar-refractivity contribution in [1.29, 1.82) is 0 Å². The van der Waals surface area contributed by atoms with E-state index >= 15 is 0 Å². The van der Waals surface area contributed by atoms with Crippen molar-refractivity contribution >= 4 is 12.4 Å². The van der Waals surface area contributed by atoms with Gasteiger partial charge in [-0.05, 0) is 43.5 Å². The van der Waals surface area contributed by atoms with Crippen LogP contribution in [-0.2, 0) is 6.42 Å². The highest BCUT2D eigenvalue weighted by atomic mass is 35.5. The molecule has 1 saturated heterocycles. The molecule has 1 fully saturated rings. The van der Waals surface area contributed by atoms with Gasteiger partial charge in [0.25, 0.3) is 0 Å². The second-order valence-corrected chi connectivity index (χ2v) is 3.87. The summed E-state index contributed by atoms with van der Waals surface area (Å²) in [6, 6.07) is 8.31. The van der Waals surface area contributed by atoms with E-state index in [4.69, 9.17) is 4.74 Å². The SMILES string of the molecule is COc1ccccc1CC1CCNC1.Cl. The van der Waals surface area contributed by atoms with E-state index in [1.54, 1.807) is 7.11 Å². The van der Waals surface area contributed by atoms with Gasteiger partial charge >= 0.3 is 0 Å². The predicted molar refractivity (Wildman–Crippen MR) is 64.9 cm³/mol. The molecule has 0 spiro atoms. The third kappa shape index (κ3) is 3.11. The number of para-hydroxylation sites is 1. The highest BCUT2D eigenvalue weighted by molar-refractivity contribution is 5.85. The molecule has 1 heterocycles. The Morgan fingerprint density at radius 1 is 1.40 bits per heavy atom. The molecule has 0 radical (unpaired) electrons. The molecule has 1 aromatic carbocycles. The van der Waals surface area contributed by atoms with Gasteiger partial charge in [0.2, 0.25) is 0 Å². The van der Waals surface area contributed by atoms with Gasteiger partial charge in [0.05, 0.1) is 7.11 Å². The Labute approximate surface area is 97.4 Å². The van der Waals surface area contributed by atoms with Crippen LogP contribution in [-0.4, -0.2) is 20.2 Å². The van der Waals surface area contributed by atoms with Crippen molar-refractivity contribution in [2.45, 2.75) is 12.8 Å². The van der Waals surface area contributed by atoms with E-state index in [1.807, 2.05) is 12.1 Å². The minimum Gasteiger partial charge on any atom is -0.496 e. The molecular weight excluding hydrogens is 210 g/mol. The molecule has 1 aliphatic heterocycles. The third-order valence-corrected chi connectivity index (χ3v) is 2.86. The number of ether oxygens (including phenoxy) is 1. The summed E-state index contributed by atoms with van der Waals surface area (Å²) >= 11 is 0. The molecule has 84 valence electrons. The van der Waals surface area contributed by atoms with Crippen LogP contribution in [0.25, 0.3) is 0 Å². The van der Waals surface area contributed by atoms with Crippen LogP contribution < -0.4 is 10.1 Å². The Bertz CT molecular complexity index is 297. The standard InChI is InChI=1S/C12H17NO.ClH/c1-14-12-5-3-2-4-11(12)8-10-6-7-13-9-10;/h2-5,10,13H,6-9H2,1H3;1H. The van der Waals surface area contributed by atoms with Crippen LogP contribution in [0.5, 0.6) is 5.75 Å². The molecular formula is C12H18ClNO. The minimum atomic E-state index is 0. The highest BCUT2D eigenvalue weighted by Crippen LogP contribution is 2.23. The van der Waals surface area contributed by atoms with Crippen LogP contribution >= 0.6 is 12.4 Å². The first-order chi connectivity index (χ1) is 6.90. The van der Waals surface area contributed by atoms with Crippen LogP contribution in [0.1, 0.15) is 12.0 Å². The maximum atomic E-state index is 5.34.